The highest BCUT2D eigenvalue weighted by molar-refractivity contribution is 9.10. The molecule has 102 valence electrons. The van der Waals surface area contributed by atoms with Gasteiger partial charge in [0.05, 0.1) is 10.9 Å². The number of fused-ring (bicyclic) bond motifs is 7. The molecule has 5 rings (SSSR count). The molecule has 1 N–H and O–H groups in total. The van der Waals surface area contributed by atoms with Gasteiger partial charge in [-0.05, 0) is 24.3 Å². The van der Waals surface area contributed by atoms with Gasteiger partial charge in [0, 0.05) is 26.9 Å². The Morgan fingerprint density at radius 1 is 0.952 bits per heavy atom. The second-order valence-electron chi connectivity index (χ2n) is 5.57. The van der Waals surface area contributed by atoms with E-state index in [0.717, 1.165) is 21.3 Å². The van der Waals surface area contributed by atoms with E-state index < -0.39 is 0 Å². The number of benzene rings is 2. The second kappa shape index (κ2) is 4.01. The lowest BCUT2D eigenvalue weighted by atomic mass is 9.91. The summed E-state index contributed by atoms with van der Waals surface area (Å²) in [5.74, 6) is 1.36. The van der Waals surface area contributed by atoms with Gasteiger partial charge in [0.1, 0.15) is 11.9 Å². The van der Waals surface area contributed by atoms with Gasteiger partial charge in [0.2, 0.25) is 0 Å². The van der Waals surface area contributed by atoms with Crippen LogP contribution >= 0.6 is 15.9 Å². The van der Waals surface area contributed by atoms with Crippen LogP contribution in [0.15, 0.2) is 59.1 Å². The highest BCUT2D eigenvalue weighted by Crippen LogP contribution is 2.48. The van der Waals surface area contributed by atoms with Crippen molar-refractivity contribution in [2.24, 2.45) is 0 Å². The van der Waals surface area contributed by atoms with Crippen molar-refractivity contribution >= 4 is 37.7 Å². The lowest BCUT2D eigenvalue weighted by Crippen LogP contribution is -2.15. The van der Waals surface area contributed by atoms with Gasteiger partial charge in [-0.1, -0.05) is 46.3 Å². The molecule has 2 unspecified atom stereocenters. The normalized spacial score (nSPS) is 22.5. The molecule has 3 heteroatoms. The summed E-state index contributed by atoms with van der Waals surface area (Å²) in [6.45, 7) is 0. The van der Waals surface area contributed by atoms with Crippen molar-refractivity contribution in [3.05, 3.63) is 64.7 Å². The Balaban J connectivity index is 1.91. The Kier molecular flexibility index (Phi) is 2.22. The molecule has 2 atom stereocenters. The lowest BCUT2D eigenvalue weighted by Gasteiger charge is -2.13. The third-order valence-electron chi connectivity index (χ3n) is 4.42. The van der Waals surface area contributed by atoms with Gasteiger partial charge in [0.25, 0.3) is 0 Å². The molecule has 1 aliphatic carbocycles. The van der Waals surface area contributed by atoms with Crippen molar-refractivity contribution in [1.82, 2.24) is 4.98 Å². The monoisotopic (exact) mass is 337 g/mol. The summed E-state index contributed by atoms with van der Waals surface area (Å²) in [7, 11) is 0. The van der Waals surface area contributed by atoms with Crippen molar-refractivity contribution < 1.29 is 4.74 Å². The number of nitrogens with one attached hydrogen (secondary N) is 1. The number of allylic oxidation sites excluding steroid dienone is 2. The Labute approximate surface area is 130 Å². The molecule has 3 aromatic rings. The summed E-state index contributed by atoms with van der Waals surface area (Å²) >= 11 is 3.68. The smallest absolute Gasteiger partial charge is 0.134 e. The number of aromatic amines is 1. The molecule has 0 fully saturated rings. The maximum Gasteiger partial charge on any atom is 0.134 e. The van der Waals surface area contributed by atoms with Crippen LogP contribution in [0.2, 0.25) is 0 Å². The first-order chi connectivity index (χ1) is 10.3. The third kappa shape index (κ3) is 1.47. The van der Waals surface area contributed by atoms with Crippen LogP contribution < -0.4 is 4.74 Å². The van der Waals surface area contributed by atoms with Crippen molar-refractivity contribution in [2.45, 2.75) is 12.0 Å². The second-order valence-corrected chi connectivity index (χ2v) is 6.43. The number of H-pyrrole nitrogens is 1. The van der Waals surface area contributed by atoms with Crippen molar-refractivity contribution in [1.29, 1.82) is 0 Å². The van der Waals surface area contributed by atoms with E-state index in [4.69, 9.17) is 4.74 Å². The Morgan fingerprint density at radius 3 is 2.76 bits per heavy atom. The maximum absolute atomic E-state index is 6.27. The summed E-state index contributed by atoms with van der Waals surface area (Å²) < 4.78 is 7.37. The summed E-state index contributed by atoms with van der Waals surface area (Å²) in [5, 5.41) is 2.39. The average Bonchev–Trinajstić information content (AvgIpc) is 3.05. The van der Waals surface area contributed by atoms with Gasteiger partial charge in [-0.3, -0.25) is 0 Å². The predicted molar refractivity (Wildman–Crippen MR) is 88.9 cm³/mol. The van der Waals surface area contributed by atoms with Crippen LogP contribution in [0, 0.1) is 0 Å². The van der Waals surface area contributed by atoms with Gasteiger partial charge in [-0.25, -0.2) is 0 Å². The molecule has 0 amide bonds. The van der Waals surface area contributed by atoms with Crippen LogP contribution in [0.25, 0.3) is 21.8 Å². The Bertz CT molecular complexity index is 951. The fourth-order valence-electron chi connectivity index (χ4n) is 3.48. The van der Waals surface area contributed by atoms with E-state index in [0.29, 0.717) is 5.92 Å². The van der Waals surface area contributed by atoms with Crippen LogP contribution in [0.5, 0.6) is 5.75 Å². The quantitative estimate of drug-likeness (QED) is 0.609. The van der Waals surface area contributed by atoms with Gasteiger partial charge < -0.3 is 9.72 Å². The first-order valence-corrected chi connectivity index (χ1v) is 7.87. The molecule has 2 aliphatic rings. The van der Waals surface area contributed by atoms with Gasteiger partial charge >= 0.3 is 0 Å². The molecule has 0 spiro atoms. The zero-order valence-corrected chi connectivity index (χ0v) is 12.7. The molecule has 2 heterocycles. The maximum atomic E-state index is 6.27. The van der Waals surface area contributed by atoms with Crippen LogP contribution in [0.3, 0.4) is 0 Å². The highest BCUT2D eigenvalue weighted by atomic mass is 79.9. The summed E-state index contributed by atoms with van der Waals surface area (Å²) in [6.07, 6.45) is 8.67. The average molecular weight is 338 g/mol. The molecule has 0 bridgehead atoms. The number of rotatable bonds is 0. The van der Waals surface area contributed by atoms with Gasteiger partial charge in [-0.2, -0.15) is 0 Å². The van der Waals surface area contributed by atoms with Gasteiger partial charge in [0.15, 0.2) is 0 Å². The van der Waals surface area contributed by atoms with Crippen LogP contribution in [0.1, 0.15) is 11.5 Å². The molecule has 21 heavy (non-hydrogen) atoms. The molecule has 0 radical (unpaired) electrons. The largest absolute Gasteiger partial charge is 0.484 e. The zero-order chi connectivity index (χ0) is 14.0. The van der Waals surface area contributed by atoms with Crippen molar-refractivity contribution in [2.75, 3.05) is 0 Å². The van der Waals surface area contributed by atoms with Crippen LogP contribution in [-0.4, -0.2) is 11.1 Å². The highest BCUT2D eigenvalue weighted by Gasteiger charge is 2.34. The topological polar surface area (TPSA) is 25.0 Å². The molecule has 1 aliphatic heterocycles. The molecule has 2 nitrogen and oxygen atoms in total. The SMILES string of the molecule is Brc1cccc2[nH]c3ccc4c(c3c12)OC1C=CC=CC41. The van der Waals surface area contributed by atoms with E-state index in [-0.39, 0.29) is 6.10 Å². The van der Waals surface area contributed by atoms with E-state index >= 15 is 0 Å². The van der Waals surface area contributed by atoms with E-state index in [9.17, 15) is 0 Å². The minimum Gasteiger partial charge on any atom is -0.484 e. The minimum absolute atomic E-state index is 0.128. The third-order valence-corrected chi connectivity index (χ3v) is 5.08. The molecule has 2 aromatic carbocycles. The van der Waals surface area contributed by atoms with Crippen molar-refractivity contribution in [3.63, 3.8) is 0 Å². The summed E-state index contributed by atoms with van der Waals surface area (Å²) in [5.41, 5.74) is 3.55. The molecule has 0 saturated heterocycles. The standard InChI is InChI=1S/C18H12BrNO/c19-12-5-3-6-13-16(12)17-14(20-13)9-8-11-10-4-1-2-7-15(10)21-18(11)17/h1-10,15,20H. The number of halogens is 1. The number of ether oxygens (including phenoxy) is 1. The number of hydrogen-bond acceptors (Lipinski definition) is 1. The van der Waals surface area contributed by atoms with Crippen LogP contribution in [-0.2, 0) is 0 Å². The first kappa shape index (κ1) is 11.6. The number of aromatic nitrogens is 1. The summed E-state index contributed by atoms with van der Waals surface area (Å²) in [6, 6.07) is 10.6. The van der Waals surface area contributed by atoms with Gasteiger partial charge in [-0.15, -0.1) is 0 Å². The van der Waals surface area contributed by atoms with Crippen molar-refractivity contribution in [3.8, 4) is 5.75 Å². The predicted octanol–water partition coefficient (Wildman–Crippen LogP) is 5.05. The molecule has 0 saturated carbocycles. The molecular weight excluding hydrogens is 326 g/mol. The van der Waals surface area contributed by atoms with Crippen LogP contribution in [0.4, 0.5) is 0 Å². The first-order valence-electron chi connectivity index (χ1n) is 7.07. The summed E-state index contributed by atoms with van der Waals surface area (Å²) in [4.78, 5) is 3.48. The molecular formula is C18H12BrNO. The van der Waals surface area contributed by atoms with E-state index in [1.54, 1.807) is 0 Å². The Morgan fingerprint density at radius 2 is 1.81 bits per heavy atom. The van der Waals surface area contributed by atoms with E-state index in [1.807, 2.05) is 6.07 Å². The zero-order valence-electron chi connectivity index (χ0n) is 11.1. The Hall–Kier alpha value is -2.00. The number of hydrogen-bond donors (Lipinski definition) is 1. The minimum atomic E-state index is 0.128. The molecule has 1 aromatic heterocycles. The van der Waals surface area contributed by atoms with E-state index in [2.05, 4.69) is 69.5 Å². The fourth-order valence-corrected chi connectivity index (χ4v) is 4.05. The lowest BCUT2D eigenvalue weighted by molar-refractivity contribution is 0.271. The van der Waals surface area contributed by atoms with E-state index in [1.165, 1.54) is 16.3 Å². The fraction of sp³-hybridized carbons (Fsp3) is 0.111.